The third kappa shape index (κ3) is 4.26. The van der Waals surface area contributed by atoms with Gasteiger partial charge in [-0.3, -0.25) is 4.79 Å². The lowest BCUT2D eigenvalue weighted by Crippen LogP contribution is -2.13. The topological polar surface area (TPSA) is 65.8 Å². The van der Waals surface area contributed by atoms with Crippen molar-refractivity contribution in [1.82, 2.24) is 4.98 Å². The molecule has 7 heteroatoms. The van der Waals surface area contributed by atoms with E-state index in [0.29, 0.717) is 27.9 Å². The maximum absolute atomic E-state index is 12.2. The lowest BCUT2D eigenvalue weighted by Gasteiger charge is -2.06. The Labute approximate surface area is 123 Å². The highest BCUT2D eigenvalue weighted by Gasteiger charge is 2.09. The van der Waals surface area contributed by atoms with E-state index in [0.717, 1.165) is 0 Å². The van der Waals surface area contributed by atoms with Crippen molar-refractivity contribution in [2.45, 2.75) is 10.7 Å². The second kappa shape index (κ2) is 6.81. The highest BCUT2D eigenvalue weighted by molar-refractivity contribution is 7.99. The Morgan fingerprint density at radius 3 is 2.48 bits per heavy atom. The average molecular weight is 305 g/mol. The molecule has 0 aliphatic rings. The van der Waals surface area contributed by atoms with Crippen molar-refractivity contribution in [3.8, 4) is 6.07 Å². The first-order chi connectivity index (χ1) is 10.1. The molecule has 1 N–H and O–H groups in total. The fraction of sp³-hybridized carbons (Fsp3) is 0.0714. The summed E-state index contributed by atoms with van der Waals surface area (Å²) in [6.45, 7) is 0. The van der Waals surface area contributed by atoms with Crippen LogP contribution in [-0.2, 0) is 0 Å². The molecule has 0 radical (unpaired) electrons. The summed E-state index contributed by atoms with van der Waals surface area (Å²) in [4.78, 5) is 16.2. The molecule has 1 heterocycles. The fourth-order valence-electron chi connectivity index (χ4n) is 1.51. The molecule has 1 aromatic carbocycles. The van der Waals surface area contributed by atoms with Gasteiger partial charge in [-0.2, -0.15) is 14.0 Å². The zero-order chi connectivity index (χ0) is 15.2. The SMILES string of the molecule is N#Cc1ccc(C(=O)Nc2ccc(SC(F)F)cc2)nc1. The first-order valence-electron chi connectivity index (χ1n) is 5.81. The normalized spacial score (nSPS) is 10.2. The fourth-order valence-corrected chi connectivity index (χ4v) is 2.01. The zero-order valence-electron chi connectivity index (χ0n) is 10.6. The molecule has 0 saturated heterocycles. The van der Waals surface area contributed by atoms with Crippen LogP contribution in [0.1, 0.15) is 16.1 Å². The number of alkyl halides is 2. The summed E-state index contributed by atoms with van der Waals surface area (Å²) in [5.74, 6) is -2.91. The van der Waals surface area contributed by atoms with Crippen LogP contribution in [0.2, 0.25) is 0 Å². The number of benzene rings is 1. The van der Waals surface area contributed by atoms with Gasteiger partial charge in [-0.05, 0) is 36.4 Å². The summed E-state index contributed by atoms with van der Waals surface area (Å²) < 4.78 is 24.4. The first kappa shape index (κ1) is 14.9. The number of hydrogen-bond donors (Lipinski definition) is 1. The van der Waals surface area contributed by atoms with Crippen LogP contribution in [-0.4, -0.2) is 16.6 Å². The van der Waals surface area contributed by atoms with Crippen LogP contribution in [0.5, 0.6) is 0 Å². The van der Waals surface area contributed by atoms with Crippen LogP contribution < -0.4 is 5.32 Å². The van der Waals surface area contributed by atoms with Gasteiger partial charge in [-0.15, -0.1) is 0 Å². The number of amides is 1. The van der Waals surface area contributed by atoms with Gasteiger partial charge >= 0.3 is 0 Å². The number of thioether (sulfide) groups is 1. The summed E-state index contributed by atoms with van der Waals surface area (Å²) in [5.41, 5.74) is 1.00. The summed E-state index contributed by atoms with van der Waals surface area (Å²) in [6, 6.07) is 10.9. The van der Waals surface area contributed by atoms with Gasteiger partial charge in [-0.25, -0.2) is 4.98 Å². The third-order valence-corrected chi connectivity index (χ3v) is 3.19. The van der Waals surface area contributed by atoms with Crippen LogP contribution in [0.4, 0.5) is 14.5 Å². The summed E-state index contributed by atoms with van der Waals surface area (Å²) >= 11 is 0.437. The van der Waals surface area contributed by atoms with Crippen molar-refractivity contribution < 1.29 is 13.6 Å². The number of pyridine rings is 1. The van der Waals surface area contributed by atoms with Crippen LogP contribution in [0.3, 0.4) is 0 Å². The lowest BCUT2D eigenvalue weighted by atomic mass is 10.2. The summed E-state index contributed by atoms with van der Waals surface area (Å²) in [7, 11) is 0. The van der Waals surface area contributed by atoms with Crippen molar-refractivity contribution in [2.75, 3.05) is 5.32 Å². The highest BCUT2D eigenvalue weighted by Crippen LogP contribution is 2.26. The van der Waals surface area contributed by atoms with E-state index in [1.807, 2.05) is 6.07 Å². The lowest BCUT2D eigenvalue weighted by molar-refractivity contribution is 0.102. The van der Waals surface area contributed by atoms with E-state index in [2.05, 4.69) is 10.3 Å². The predicted molar refractivity (Wildman–Crippen MR) is 75.2 cm³/mol. The van der Waals surface area contributed by atoms with Gasteiger partial charge in [-0.1, -0.05) is 11.8 Å². The number of hydrogen-bond acceptors (Lipinski definition) is 4. The van der Waals surface area contributed by atoms with E-state index in [1.54, 1.807) is 0 Å². The van der Waals surface area contributed by atoms with Crippen LogP contribution in [0, 0.1) is 11.3 Å². The van der Waals surface area contributed by atoms with Crippen LogP contribution >= 0.6 is 11.8 Å². The number of aromatic nitrogens is 1. The van der Waals surface area contributed by atoms with E-state index in [1.165, 1.54) is 42.6 Å². The number of halogens is 2. The number of rotatable bonds is 4. The highest BCUT2D eigenvalue weighted by atomic mass is 32.2. The molecule has 4 nitrogen and oxygen atoms in total. The second-order valence-electron chi connectivity index (χ2n) is 3.90. The molecule has 1 aromatic heterocycles. The summed E-state index contributed by atoms with van der Waals surface area (Å²) in [6.07, 6.45) is 1.30. The van der Waals surface area contributed by atoms with Crippen molar-refractivity contribution in [2.24, 2.45) is 0 Å². The molecule has 2 aromatic rings. The molecular formula is C14H9F2N3OS. The Bertz CT molecular complexity index is 666. The maximum atomic E-state index is 12.2. The molecule has 0 spiro atoms. The largest absolute Gasteiger partial charge is 0.321 e. The van der Waals surface area contributed by atoms with Crippen molar-refractivity contribution in [3.63, 3.8) is 0 Å². The smallest absolute Gasteiger partial charge is 0.288 e. The number of carbonyl (C=O) groups excluding carboxylic acids is 1. The number of nitriles is 1. The van der Waals surface area contributed by atoms with Crippen LogP contribution in [0.15, 0.2) is 47.5 Å². The molecule has 0 aliphatic heterocycles. The molecule has 0 saturated carbocycles. The van der Waals surface area contributed by atoms with E-state index < -0.39 is 11.7 Å². The Hall–Kier alpha value is -2.46. The molecule has 21 heavy (non-hydrogen) atoms. The van der Waals surface area contributed by atoms with E-state index in [-0.39, 0.29) is 5.69 Å². The minimum Gasteiger partial charge on any atom is -0.321 e. The Morgan fingerprint density at radius 2 is 1.95 bits per heavy atom. The van der Waals surface area contributed by atoms with Crippen molar-refractivity contribution in [1.29, 1.82) is 5.26 Å². The number of nitrogens with one attached hydrogen (secondary N) is 1. The number of anilines is 1. The van der Waals surface area contributed by atoms with Gasteiger partial charge in [0.2, 0.25) is 0 Å². The molecule has 0 bridgehead atoms. The third-order valence-electron chi connectivity index (χ3n) is 2.46. The molecule has 1 amide bonds. The minimum absolute atomic E-state index is 0.167. The van der Waals surface area contributed by atoms with Crippen LogP contribution in [0.25, 0.3) is 0 Å². The first-order valence-corrected chi connectivity index (χ1v) is 6.69. The van der Waals surface area contributed by atoms with E-state index in [4.69, 9.17) is 5.26 Å². The van der Waals surface area contributed by atoms with Gasteiger partial charge in [0.15, 0.2) is 0 Å². The minimum atomic E-state index is -2.48. The predicted octanol–water partition coefficient (Wildman–Crippen LogP) is 3.52. The van der Waals surface area contributed by atoms with Gasteiger partial charge in [0.1, 0.15) is 11.8 Å². The molecule has 2 rings (SSSR count). The number of nitrogens with zero attached hydrogens (tertiary/aromatic N) is 2. The molecule has 106 valence electrons. The van der Waals surface area contributed by atoms with Gasteiger partial charge < -0.3 is 5.32 Å². The zero-order valence-corrected chi connectivity index (χ0v) is 11.4. The Balaban J connectivity index is 2.03. The standard InChI is InChI=1S/C14H9F2N3OS/c15-14(16)21-11-4-2-10(3-5-11)19-13(20)12-6-1-9(7-17)8-18-12/h1-6,8,14H,(H,19,20). The Morgan fingerprint density at radius 1 is 1.24 bits per heavy atom. The molecule has 0 atom stereocenters. The Kier molecular flexibility index (Phi) is 4.85. The van der Waals surface area contributed by atoms with E-state index in [9.17, 15) is 13.6 Å². The maximum Gasteiger partial charge on any atom is 0.288 e. The number of carbonyl (C=O) groups is 1. The quantitative estimate of drug-likeness (QED) is 0.878. The van der Waals surface area contributed by atoms with Gasteiger partial charge in [0.25, 0.3) is 11.7 Å². The van der Waals surface area contributed by atoms with E-state index >= 15 is 0 Å². The van der Waals surface area contributed by atoms with Crippen molar-refractivity contribution >= 4 is 23.4 Å². The molecule has 0 unspecified atom stereocenters. The molecular weight excluding hydrogens is 296 g/mol. The van der Waals surface area contributed by atoms with Gasteiger partial charge in [0, 0.05) is 16.8 Å². The average Bonchev–Trinajstić information content (AvgIpc) is 2.49. The summed E-state index contributed by atoms with van der Waals surface area (Å²) in [5, 5.41) is 11.2. The van der Waals surface area contributed by atoms with Gasteiger partial charge in [0.05, 0.1) is 5.56 Å². The molecule has 0 aliphatic carbocycles. The molecule has 0 fully saturated rings. The monoisotopic (exact) mass is 305 g/mol. The van der Waals surface area contributed by atoms with Crippen molar-refractivity contribution in [3.05, 3.63) is 53.9 Å². The second-order valence-corrected chi connectivity index (χ2v) is 4.96.